The van der Waals surface area contributed by atoms with Crippen molar-refractivity contribution in [2.45, 2.75) is 64.3 Å². The number of hydrogen-bond donors (Lipinski definition) is 1. The molecule has 0 bridgehead atoms. The molecule has 8 heteroatoms. The Balaban J connectivity index is 0.000000229. The molecule has 7 nitrogen and oxygen atoms in total. The van der Waals surface area contributed by atoms with Crippen LogP contribution in [0.25, 0.3) is 21.8 Å². The topological polar surface area (TPSA) is 80.1 Å². The van der Waals surface area contributed by atoms with Crippen LogP contribution in [0.1, 0.15) is 56.0 Å². The summed E-state index contributed by atoms with van der Waals surface area (Å²) in [6.07, 6.45) is 8.38. The van der Waals surface area contributed by atoms with Crippen molar-refractivity contribution in [1.29, 1.82) is 0 Å². The van der Waals surface area contributed by atoms with Gasteiger partial charge in [-0.2, -0.15) is 0 Å². The monoisotopic (exact) mass is 611 g/mol. The van der Waals surface area contributed by atoms with E-state index in [-0.39, 0.29) is 0 Å². The Morgan fingerprint density at radius 2 is 1.48 bits per heavy atom. The quantitative estimate of drug-likeness (QED) is 0.196. The van der Waals surface area contributed by atoms with Crippen LogP contribution in [-0.2, 0) is 16.6 Å². The minimum absolute atomic E-state index is 0.320. The van der Waals surface area contributed by atoms with E-state index in [2.05, 4.69) is 22.2 Å². The molecule has 232 valence electrons. The summed E-state index contributed by atoms with van der Waals surface area (Å²) in [5.41, 5.74) is 3.81. The summed E-state index contributed by atoms with van der Waals surface area (Å²) in [5, 5.41) is 5.70. The zero-order chi connectivity index (χ0) is 31.3. The van der Waals surface area contributed by atoms with E-state index in [4.69, 9.17) is 0 Å². The third kappa shape index (κ3) is 7.13. The molecule has 0 aliphatic heterocycles. The van der Waals surface area contributed by atoms with Crippen molar-refractivity contribution in [3.63, 3.8) is 0 Å². The van der Waals surface area contributed by atoms with Crippen LogP contribution in [-0.4, -0.2) is 43.0 Å². The Kier molecular flexibility index (Phi) is 10.0. The average Bonchev–Trinajstić information content (AvgIpc) is 3.41. The normalized spacial score (nSPS) is 16.9. The van der Waals surface area contributed by atoms with E-state index >= 15 is 0 Å². The van der Waals surface area contributed by atoms with Gasteiger partial charge in [-0.25, -0.2) is 22.4 Å². The Hall–Kier alpha value is -3.75. The number of rotatable bonds is 8. The molecule has 2 heterocycles. The van der Waals surface area contributed by atoms with Gasteiger partial charge in [0.1, 0.15) is 11.6 Å². The molecule has 0 atom stereocenters. The summed E-state index contributed by atoms with van der Waals surface area (Å²) in [6.45, 7) is 7.86. The summed E-state index contributed by atoms with van der Waals surface area (Å²) in [7, 11) is 0.361. The highest BCUT2D eigenvalue weighted by Crippen LogP contribution is 2.31. The van der Waals surface area contributed by atoms with Crippen molar-refractivity contribution in [2.75, 3.05) is 25.5 Å². The first kappa shape index (κ1) is 31.7. The van der Waals surface area contributed by atoms with Gasteiger partial charge in [-0.15, -0.1) is 0 Å². The van der Waals surface area contributed by atoms with Gasteiger partial charge in [0, 0.05) is 37.6 Å². The number of aromatic nitrogens is 3. The van der Waals surface area contributed by atoms with Gasteiger partial charge in [0.05, 0.1) is 15.9 Å². The second-order valence-electron chi connectivity index (χ2n) is 12.2. The minimum atomic E-state index is -3.63. The predicted octanol–water partition coefficient (Wildman–Crippen LogP) is 7.50. The van der Waals surface area contributed by atoms with Crippen LogP contribution in [0, 0.1) is 25.7 Å². The van der Waals surface area contributed by atoms with Gasteiger partial charge < -0.3 is 10.2 Å². The fraction of sp³-hybridized carbons (Fsp3) is 0.389. The second kappa shape index (κ2) is 13.9. The van der Waals surface area contributed by atoms with Crippen LogP contribution < -0.4 is 10.2 Å². The number of nitrogens with one attached hydrogen (secondary N) is 1. The van der Waals surface area contributed by atoms with Crippen LogP contribution >= 0.6 is 0 Å². The van der Waals surface area contributed by atoms with Gasteiger partial charge in [-0.1, -0.05) is 74.2 Å². The Morgan fingerprint density at radius 1 is 0.841 bits per heavy atom. The Bertz CT molecular complexity index is 1800. The van der Waals surface area contributed by atoms with E-state index in [1.165, 1.54) is 36.1 Å². The molecule has 1 aliphatic carbocycles. The predicted molar refractivity (Wildman–Crippen MR) is 182 cm³/mol. The zero-order valence-corrected chi connectivity index (χ0v) is 27.4. The molecule has 0 unspecified atom stereocenters. The van der Waals surface area contributed by atoms with Crippen molar-refractivity contribution in [3.05, 3.63) is 95.9 Å². The maximum absolute atomic E-state index is 13.3. The van der Waals surface area contributed by atoms with Crippen molar-refractivity contribution in [2.24, 2.45) is 11.8 Å². The highest BCUT2D eigenvalue weighted by molar-refractivity contribution is 7.90. The molecule has 1 saturated carbocycles. The molecule has 1 fully saturated rings. The number of benzene rings is 3. The van der Waals surface area contributed by atoms with Crippen LogP contribution in [0.4, 0.5) is 5.82 Å². The Labute approximate surface area is 262 Å². The van der Waals surface area contributed by atoms with Gasteiger partial charge in [0.25, 0.3) is 10.0 Å². The molecule has 0 spiro atoms. The van der Waals surface area contributed by atoms with Gasteiger partial charge in [0.2, 0.25) is 0 Å². The summed E-state index contributed by atoms with van der Waals surface area (Å²) in [4.78, 5) is 11.1. The van der Waals surface area contributed by atoms with Crippen molar-refractivity contribution in [1.82, 2.24) is 19.3 Å². The van der Waals surface area contributed by atoms with E-state index in [1.807, 2.05) is 93.5 Å². The largest absolute Gasteiger partial charge is 0.362 e. The summed E-state index contributed by atoms with van der Waals surface area (Å²) in [5.74, 6) is 3.43. The lowest BCUT2D eigenvalue weighted by Crippen LogP contribution is -2.26. The van der Waals surface area contributed by atoms with E-state index in [1.54, 1.807) is 18.3 Å². The highest BCUT2D eigenvalue weighted by Gasteiger charge is 2.22. The van der Waals surface area contributed by atoms with Crippen LogP contribution in [0.3, 0.4) is 0 Å². The maximum atomic E-state index is 13.3. The smallest absolute Gasteiger partial charge is 0.268 e. The number of fused-ring (bicyclic) bond motifs is 2. The average molecular weight is 612 g/mol. The second-order valence-corrected chi connectivity index (χ2v) is 14.0. The van der Waals surface area contributed by atoms with E-state index in [0.29, 0.717) is 11.4 Å². The van der Waals surface area contributed by atoms with Crippen LogP contribution in [0.15, 0.2) is 83.9 Å². The first-order chi connectivity index (χ1) is 21.2. The number of aryl methyl sites for hydroxylation is 2. The third-order valence-electron chi connectivity index (χ3n) is 8.75. The Morgan fingerprint density at radius 3 is 2.16 bits per heavy atom. The van der Waals surface area contributed by atoms with Gasteiger partial charge in [-0.05, 0) is 81.0 Å². The third-order valence-corrected chi connectivity index (χ3v) is 10.4. The minimum Gasteiger partial charge on any atom is -0.362 e. The van der Waals surface area contributed by atoms with Crippen LogP contribution in [0.5, 0.6) is 0 Å². The molecular formula is C36H45N5O2S. The molecule has 0 amide bonds. The summed E-state index contributed by atoms with van der Waals surface area (Å²) >= 11 is 0. The highest BCUT2D eigenvalue weighted by atomic mass is 32.2. The summed E-state index contributed by atoms with van der Waals surface area (Å²) in [6, 6.07) is 22.9. The molecule has 1 aliphatic rings. The SMILES string of the molecule is CCC1CCC(CNCc2cn(S(=O)(=O)c3ccc(C)cc3)c3ccccc23)CC1.Cc1nc(N(C)C)c2ccccc2n1. The van der Waals surface area contributed by atoms with Gasteiger partial charge in [0.15, 0.2) is 0 Å². The molecule has 5 aromatic rings. The molecule has 1 N–H and O–H groups in total. The molecule has 6 rings (SSSR count). The zero-order valence-electron chi connectivity index (χ0n) is 26.6. The molecular weight excluding hydrogens is 566 g/mol. The maximum Gasteiger partial charge on any atom is 0.268 e. The van der Waals surface area contributed by atoms with Gasteiger partial charge >= 0.3 is 0 Å². The lowest BCUT2D eigenvalue weighted by atomic mass is 9.81. The van der Waals surface area contributed by atoms with E-state index in [0.717, 1.165) is 63.0 Å². The summed E-state index contributed by atoms with van der Waals surface area (Å²) < 4.78 is 28.0. The molecule has 3 aromatic carbocycles. The van der Waals surface area contributed by atoms with E-state index in [9.17, 15) is 8.42 Å². The number of anilines is 1. The van der Waals surface area contributed by atoms with E-state index < -0.39 is 10.0 Å². The standard InChI is InChI=1S/C25H32N2O2S.C11H13N3/c1-3-20-10-12-21(13-11-20)16-26-17-22-18-27(25-7-5-4-6-24(22)25)30(28,29)23-14-8-19(2)9-15-23;1-8-12-10-7-5-4-6-9(10)11(13-8)14(2)3/h4-9,14-15,18,20-21,26H,3,10-13,16-17H2,1-2H3;4-7H,1-3H3. The number of para-hydroxylation sites is 2. The number of hydrogen-bond acceptors (Lipinski definition) is 6. The lowest BCUT2D eigenvalue weighted by molar-refractivity contribution is 0.262. The fourth-order valence-corrected chi connectivity index (χ4v) is 7.54. The van der Waals surface area contributed by atoms with Gasteiger partial charge in [-0.3, -0.25) is 0 Å². The number of nitrogens with zero attached hydrogens (tertiary/aromatic N) is 4. The van der Waals surface area contributed by atoms with Crippen LogP contribution in [0.2, 0.25) is 0 Å². The van der Waals surface area contributed by atoms with Crippen molar-refractivity contribution in [3.8, 4) is 0 Å². The first-order valence-corrected chi connectivity index (χ1v) is 17.1. The molecule has 2 aromatic heterocycles. The molecule has 44 heavy (non-hydrogen) atoms. The molecule has 0 saturated heterocycles. The fourth-order valence-electron chi connectivity index (χ4n) is 6.15. The first-order valence-electron chi connectivity index (χ1n) is 15.7. The van der Waals surface area contributed by atoms with Crippen molar-refractivity contribution >= 4 is 37.6 Å². The van der Waals surface area contributed by atoms with Crippen molar-refractivity contribution < 1.29 is 8.42 Å². The lowest BCUT2D eigenvalue weighted by Gasteiger charge is -2.27. The molecule has 0 radical (unpaired) electrons.